The molecule has 1 aromatic heterocycles. The predicted molar refractivity (Wildman–Crippen MR) is 122 cm³/mol. The van der Waals surface area contributed by atoms with Crippen molar-refractivity contribution in [2.75, 3.05) is 26.7 Å². The zero-order valence-electron chi connectivity index (χ0n) is 18.5. The van der Waals surface area contributed by atoms with E-state index in [0.717, 1.165) is 54.6 Å². The van der Waals surface area contributed by atoms with Crippen LogP contribution >= 0.6 is 0 Å². The summed E-state index contributed by atoms with van der Waals surface area (Å²) in [6, 6.07) is 7.99. The molecular formula is C25H33N3O3. The molecule has 5 rings (SSSR count). The monoisotopic (exact) mass is 423 g/mol. The molecule has 2 aromatic rings. The van der Waals surface area contributed by atoms with Gasteiger partial charge in [-0.25, -0.2) is 4.79 Å². The number of methoxy groups -OCH3 is 1. The molecule has 31 heavy (non-hydrogen) atoms. The smallest absolute Gasteiger partial charge is 0.407 e. The van der Waals surface area contributed by atoms with Crippen LogP contribution in [0.5, 0.6) is 5.75 Å². The van der Waals surface area contributed by atoms with Crippen molar-refractivity contribution >= 4 is 17.0 Å². The number of hydrogen-bond donors (Lipinski definition) is 1. The van der Waals surface area contributed by atoms with E-state index in [1.807, 2.05) is 24.3 Å². The van der Waals surface area contributed by atoms with Crippen LogP contribution in [0.15, 0.2) is 43.1 Å². The fraction of sp³-hybridized carbons (Fsp3) is 0.520. The van der Waals surface area contributed by atoms with Crippen LogP contribution in [0.2, 0.25) is 0 Å². The molecule has 0 radical (unpaired) electrons. The van der Waals surface area contributed by atoms with Crippen LogP contribution in [0.3, 0.4) is 0 Å². The maximum Gasteiger partial charge on any atom is 0.407 e. The normalized spacial score (nSPS) is 25.7. The summed E-state index contributed by atoms with van der Waals surface area (Å²) < 4.78 is 11.6. The number of ether oxygens (including phenoxy) is 2. The summed E-state index contributed by atoms with van der Waals surface area (Å²) >= 11 is 0. The number of unbranched alkanes of at least 4 members (excludes halogenated alkanes) is 1. The summed E-state index contributed by atoms with van der Waals surface area (Å²) in [5.74, 6) is 1.87. The molecule has 1 N–H and O–H groups in total. The number of carbonyl (C=O) groups is 1. The third kappa shape index (κ3) is 4.54. The molecule has 4 heterocycles. The van der Waals surface area contributed by atoms with Crippen molar-refractivity contribution in [2.45, 2.75) is 44.8 Å². The number of nitrogens with zero attached hydrogens (tertiary/aromatic N) is 2. The van der Waals surface area contributed by atoms with Gasteiger partial charge in [0.05, 0.1) is 18.7 Å². The molecule has 0 spiro atoms. The zero-order chi connectivity index (χ0) is 21.8. The fourth-order valence-electron chi connectivity index (χ4n) is 5.09. The summed E-state index contributed by atoms with van der Waals surface area (Å²) in [4.78, 5) is 19.7. The van der Waals surface area contributed by atoms with E-state index in [4.69, 9.17) is 9.47 Å². The number of rotatable bonds is 8. The largest absolute Gasteiger partial charge is 0.497 e. The van der Waals surface area contributed by atoms with Crippen LogP contribution in [0.1, 0.15) is 44.3 Å². The van der Waals surface area contributed by atoms with Crippen molar-refractivity contribution < 1.29 is 14.3 Å². The van der Waals surface area contributed by atoms with Gasteiger partial charge in [0.2, 0.25) is 0 Å². The van der Waals surface area contributed by atoms with E-state index in [1.165, 1.54) is 6.42 Å². The molecule has 0 saturated carbocycles. The van der Waals surface area contributed by atoms with E-state index in [0.29, 0.717) is 18.4 Å². The highest BCUT2D eigenvalue weighted by atomic mass is 16.6. The summed E-state index contributed by atoms with van der Waals surface area (Å²) in [7, 11) is 1.66. The van der Waals surface area contributed by atoms with E-state index in [-0.39, 0.29) is 18.2 Å². The van der Waals surface area contributed by atoms with Crippen LogP contribution in [0.4, 0.5) is 4.79 Å². The Morgan fingerprint density at radius 1 is 1.42 bits per heavy atom. The Morgan fingerprint density at radius 3 is 3.00 bits per heavy atom. The minimum Gasteiger partial charge on any atom is -0.497 e. The number of amides is 1. The van der Waals surface area contributed by atoms with Gasteiger partial charge in [0.25, 0.3) is 0 Å². The first-order valence-electron chi connectivity index (χ1n) is 11.4. The lowest BCUT2D eigenvalue weighted by Gasteiger charge is -2.51. The van der Waals surface area contributed by atoms with Gasteiger partial charge < -0.3 is 14.8 Å². The average molecular weight is 424 g/mol. The first kappa shape index (κ1) is 21.6. The van der Waals surface area contributed by atoms with Crippen molar-refractivity contribution in [3.63, 3.8) is 0 Å². The Balaban J connectivity index is 1.69. The predicted octanol–water partition coefficient (Wildman–Crippen LogP) is 4.71. The van der Waals surface area contributed by atoms with Crippen LogP contribution in [-0.4, -0.2) is 48.8 Å². The van der Waals surface area contributed by atoms with Gasteiger partial charge in [-0.15, -0.1) is 6.58 Å². The second-order valence-corrected chi connectivity index (χ2v) is 8.64. The Bertz CT molecular complexity index is 931. The summed E-state index contributed by atoms with van der Waals surface area (Å²) in [6.45, 7) is 8.78. The number of piperidine rings is 3. The molecule has 1 amide bonds. The minimum absolute atomic E-state index is 0.142. The molecule has 3 fully saturated rings. The van der Waals surface area contributed by atoms with Gasteiger partial charge in [0.1, 0.15) is 11.9 Å². The molecule has 5 atom stereocenters. The first-order chi connectivity index (χ1) is 15.1. The first-order valence-corrected chi connectivity index (χ1v) is 11.4. The second-order valence-electron chi connectivity index (χ2n) is 8.64. The highest BCUT2D eigenvalue weighted by Crippen LogP contribution is 2.43. The summed E-state index contributed by atoms with van der Waals surface area (Å²) in [5, 5.41) is 3.89. The maximum atomic E-state index is 12.7. The molecule has 2 bridgehead atoms. The van der Waals surface area contributed by atoms with Gasteiger partial charge >= 0.3 is 6.09 Å². The van der Waals surface area contributed by atoms with Crippen molar-refractivity contribution in [1.29, 1.82) is 0 Å². The molecule has 0 aliphatic carbocycles. The van der Waals surface area contributed by atoms with Crippen LogP contribution in [0.25, 0.3) is 10.9 Å². The minimum atomic E-state index is -0.368. The molecule has 6 heteroatoms. The van der Waals surface area contributed by atoms with E-state index in [2.05, 4.69) is 34.8 Å². The molecule has 6 nitrogen and oxygen atoms in total. The van der Waals surface area contributed by atoms with Crippen molar-refractivity contribution in [3.8, 4) is 5.75 Å². The van der Waals surface area contributed by atoms with Crippen LogP contribution in [-0.2, 0) is 4.74 Å². The highest BCUT2D eigenvalue weighted by Gasteiger charge is 2.44. The number of nitrogens with one attached hydrogen (secondary N) is 1. The molecule has 3 aliphatic rings. The number of hydrogen-bond acceptors (Lipinski definition) is 5. The Morgan fingerprint density at radius 2 is 2.29 bits per heavy atom. The van der Waals surface area contributed by atoms with Gasteiger partial charge in [0, 0.05) is 30.2 Å². The van der Waals surface area contributed by atoms with Gasteiger partial charge in [-0.1, -0.05) is 19.4 Å². The second kappa shape index (κ2) is 9.69. The number of fused-ring (bicyclic) bond motifs is 4. The maximum absolute atomic E-state index is 12.7. The number of carbonyl (C=O) groups excluding carboxylic acids is 1. The molecule has 3 saturated heterocycles. The summed E-state index contributed by atoms with van der Waals surface area (Å²) in [6.07, 6.45) is 7.31. The Labute approximate surface area is 184 Å². The Kier molecular flexibility index (Phi) is 6.76. The van der Waals surface area contributed by atoms with Crippen molar-refractivity contribution in [2.24, 2.45) is 11.8 Å². The molecule has 166 valence electrons. The molecular weight excluding hydrogens is 390 g/mol. The highest BCUT2D eigenvalue weighted by molar-refractivity contribution is 5.84. The topological polar surface area (TPSA) is 63.7 Å². The molecule has 3 aliphatic heterocycles. The average Bonchev–Trinajstić information content (AvgIpc) is 2.82. The third-order valence-electron chi connectivity index (χ3n) is 6.83. The lowest BCUT2D eigenvalue weighted by molar-refractivity contribution is -0.0497. The number of pyridine rings is 1. The molecule has 1 aromatic carbocycles. The molecule has 1 unspecified atom stereocenters. The SMILES string of the molecule is C=C[C@H]1CN2CC[C@H]1C[C@H]2[C@H](OC(=O)NCCCC)c1ccnc2ccc(OC)cc12. The van der Waals surface area contributed by atoms with Gasteiger partial charge in [-0.3, -0.25) is 9.88 Å². The van der Waals surface area contributed by atoms with Crippen LogP contribution in [0, 0.1) is 11.8 Å². The summed E-state index contributed by atoms with van der Waals surface area (Å²) in [5.41, 5.74) is 1.86. The van der Waals surface area contributed by atoms with E-state index in [1.54, 1.807) is 13.3 Å². The third-order valence-corrected chi connectivity index (χ3v) is 6.83. The van der Waals surface area contributed by atoms with E-state index < -0.39 is 0 Å². The quantitative estimate of drug-likeness (QED) is 0.492. The van der Waals surface area contributed by atoms with Crippen molar-refractivity contribution in [1.82, 2.24) is 15.2 Å². The zero-order valence-corrected chi connectivity index (χ0v) is 18.5. The standard InChI is InChI=1S/C25H33N3O3/c1-4-6-11-27-25(29)31-24(23-14-18-10-13-28(23)16-17(18)5-2)20-9-12-26-22-8-7-19(30-3)15-21(20)22/h5,7-9,12,15,17-18,23-24H,2,4,6,10-11,13-14,16H2,1,3H3,(H,27,29)/t17-,18-,23-,24+/m0/s1. The number of alkyl carbamates (subject to hydrolysis) is 1. The van der Waals surface area contributed by atoms with Gasteiger partial charge in [-0.2, -0.15) is 0 Å². The van der Waals surface area contributed by atoms with Gasteiger partial charge in [-0.05, 0) is 61.9 Å². The van der Waals surface area contributed by atoms with E-state index >= 15 is 0 Å². The number of benzene rings is 1. The van der Waals surface area contributed by atoms with Gasteiger partial charge in [0.15, 0.2) is 0 Å². The van der Waals surface area contributed by atoms with Crippen molar-refractivity contribution in [3.05, 3.63) is 48.7 Å². The lowest BCUT2D eigenvalue weighted by Crippen LogP contribution is -2.55. The van der Waals surface area contributed by atoms with Crippen LogP contribution < -0.4 is 10.1 Å². The van der Waals surface area contributed by atoms with E-state index in [9.17, 15) is 4.79 Å². The lowest BCUT2D eigenvalue weighted by atomic mass is 9.73. The Hall–Kier alpha value is -2.60. The fourth-order valence-corrected chi connectivity index (χ4v) is 5.09. The number of aromatic nitrogens is 1.